The topological polar surface area (TPSA) is 32.8 Å². The summed E-state index contributed by atoms with van der Waals surface area (Å²) in [5.41, 5.74) is 0.651. The van der Waals surface area contributed by atoms with Crippen LogP contribution in [0.4, 0.5) is 10.5 Å². The maximum absolute atomic E-state index is 12.2. The van der Waals surface area contributed by atoms with E-state index in [0.29, 0.717) is 21.9 Å². The first-order valence-electron chi connectivity index (χ1n) is 7.91. The van der Waals surface area contributed by atoms with Crippen molar-refractivity contribution >= 4 is 35.0 Å². The van der Waals surface area contributed by atoms with Crippen molar-refractivity contribution in [2.45, 2.75) is 26.4 Å². The SMILES string of the molecule is CC(C)(C)OC(=O)N1C[C@@H]2CN(c3ccc(Cl)c(Cl)c3)C[C@@H]2C1. The van der Waals surface area contributed by atoms with E-state index in [1.807, 2.05) is 43.9 Å². The van der Waals surface area contributed by atoms with Crippen LogP contribution in [0.5, 0.6) is 0 Å². The molecule has 2 heterocycles. The minimum atomic E-state index is -0.444. The normalized spacial score (nSPS) is 24.0. The summed E-state index contributed by atoms with van der Waals surface area (Å²) in [6.07, 6.45) is -0.201. The first kappa shape index (κ1) is 16.7. The fourth-order valence-electron chi connectivity index (χ4n) is 3.36. The fraction of sp³-hybridized carbons (Fsp3) is 0.588. The Morgan fingerprint density at radius 1 is 1.09 bits per heavy atom. The molecule has 4 nitrogen and oxygen atoms in total. The number of hydrogen-bond acceptors (Lipinski definition) is 3. The highest BCUT2D eigenvalue weighted by Gasteiger charge is 2.42. The third-order valence-corrected chi connectivity index (χ3v) is 5.15. The predicted molar refractivity (Wildman–Crippen MR) is 93.5 cm³/mol. The van der Waals surface area contributed by atoms with Crippen LogP contribution in [0.15, 0.2) is 18.2 Å². The lowest BCUT2D eigenvalue weighted by Gasteiger charge is -2.26. The lowest BCUT2D eigenvalue weighted by molar-refractivity contribution is 0.0282. The van der Waals surface area contributed by atoms with E-state index in [9.17, 15) is 4.79 Å². The first-order valence-corrected chi connectivity index (χ1v) is 8.66. The summed E-state index contributed by atoms with van der Waals surface area (Å²) in [7, 11) is 0. The van der Waals surface area contributed by atoms with Crippen LogP contribution in [-0.4, -0.2) is 42.8 Å². The molecule has 23 heavy (non-hydrogen) atoms. The van der Waals surface area contributed by atoms with E-state index in [-0.39, 0.29) is 6.09 Å². The molecule has 0 unspecified atom stereocenters. The number of hydrogen-bond donors (Lipinski definition) is 0. The van der Waals surface area contributed by atoms with Crippen LogP contribution in [-0.2, 0) is 4.74 Å². The summed E-state index contributed by atoms with van der Waals surface area (Å²) in [6, 6.07) is 5.75. The zero-order valence-corrected chi connectivity index (χ0v) is 15.2. The van der Waals surface area contributed by atoms with Crippen LogP contribution in [0, 0.1) is 11.8 Å². The molecule has 2 fully saturated rings. The molecule has 1 aromatic rings. The van der Waals surface area contributed by atoms with Crippen molar-refractivity contribution in [3.63, 3.8) is 0 Å². The summed E-state index contributed by atoms with van der Waals surface area (Å²) in [5.74, 6) is 0.967. The number of ether oxygens (including phenoxy) is 1. The van der Waals surface area contributed by atoms with E-state index in [4.69, 9.17) is 27.9 Å². The lowest BCUT2D eigenvalue weighted by Crippen LogP contribution is -2.37. The van der Waals surface area contributed by atoms with Gasteiger partial charge in [-0.1, -0.05) is 23.2 Å². The molecule has 0 radical (unpaired) electrons. The van der Waals surface area contributed by atoms with Crippen molar-refractivity contribution in [2.24, 2.45) is 11.8 Å². The molecule has 2 atom stereocenters. The molecular formula is C17H22Cl2N2O2. The van der Waals surface area contributed by atoms with E-state index in [1.54, 1.807) is 0 Å². The summed E-state index contributed by atoms with van der Waals surface area (Å²) >= 11 is 12.1. The first-order chi connectivity index (χ1) is 10.7. The molecule has 126 valence electrons. The Morgan fingerprint density at radius 2 is 1.70 bits per heavy atom. The largest absolute Gasteiger partial charge is 0.444 e. The molecule has 3 rings (SSSR count). The minimum absolute atomic E-state index is 0.201. The molecule has 2 saturated heterocycles. The molecule has 1 aromatic carbocycles. The predicted octanol–water partition coefficient (Wildman–Crippen LogP) is 4.30. The standard InChI is InChI=1S/C17H22Cl2N2O2/c1-17(2,3)23-16(22)21-9-11-7-20(8-12(11)10-21)13-4-5-14(18)15(19)6-13/h4-6,11-12H,7-10H2,1-3H3/t11-,12+. The fourth-order valence-corrected chi connectivity index (χ4v) is 3.65. The van der Waals surface area contributed by atoms with Crippen LogP contribution in [0.3, 0.4) is 0 Å². The van der Waals surface area contributed by atoms with E-state index in [0.717, 1.165) is 31.9 Å². The van der Waals surface area contributed by atoms with Crippen LogP contribution < -0.4 is 4.90 Å². The highest BCUT2D eigenvalue weighted by Crippen LogP contribution is 2.36. The number of likely N-dealkylation sites (tertiary alicyclic amines) is 1. The second-order valence-corrected chi connectivity index (χ2v) is 8.22. The Labute approximate surface area is 147 Å². The number of rotatable bonds is 1. The van der Waals surface area contributed by atoms with Gasteiger partial charge in [-0.05, 0) is 39.0 Å². The van der Waals surface area contributed by atoms with Crippen LogP contribution in [0.2, 0.25) is 10.0 Å². The van der Waals surface area contributed by atoms with Crippen LogP contribution in [0.1, 0.15) is 20.8 Å². The third kappa shape index (κ3) is 3.69. The van der Waals surface area contributed by atoms with Gasteiger partial charge < -0.3 is 14.5 Å². The van der Waals surface area contributed by atoms with Gasteiger partial charge in [0.05, 0.1) is 10.0 Å². The highest BCUT2D eigenvalue weighted by molar-refractivity contribution is 6.42. The Hall–Kier alpha value is -1.13. The van der Waals surface area contributed by atoms with Crippen molar-refractivity contribution in [1.29, 1.82) is 0 Å². The highest BCUT2D eigenvalue weighted by atomic mass is 35.5. The molecule has 0 aliphatic carbocycles. The molecule has 0 bridgehead atoms. The Morgan fingerprint density at radius 3 is 2.22 bits per heavy atom. The second-order valence-electron chi connectivity index (χ2n) is 7.41. The quantitative estimate of drug-likeness (QED) is 0.751. The van der Waals surface area contributed by atoms with Gasteiger partial charge in [0.25, 0.3) is 0 Å². The Balaban J connectivity index is 1.61. The van der Waals surface area contributed by atoms with Gasteiger partial charge in [-0.15, -0.1) is 0 Å². The van der Waals surface area contributed by atoms with Gasteiger partial charge in [0.2, 0.25) is 0 Å². The summed E-state index contributed by atoms with van der Waals surface area (Å²) in [6.45, 7) is 9.08. The van der Waals surface area contributed by atoms with Crippen molar-refractivity contribution in [1.82, 2.24) is 4.90 Å². The maximum Gasteiger partial charge on any atom is 0.410 e. The molecule has 2 aliphatic rings. The number of fused-ring (bicyclic) bond motifs is 1. The van der Waals surface area contributed by atoms with Gasteiger partial charge in [-0.3, -0.25) is 0 Å². The van der Waals surface area contributed by atoms with Gasteiger partial charge >= 0.3 is 6.09 Å². The van der Waals surface area contributed by atoms with Gasteiger partial charge in [0.1, 0.15) is 5.60 Å². The summed E-state index contributed by atoms with van der Waals surface area (Å²) in [5, 5.41) is 1.16. The van der Waals surface area contributed by atoms with Crippen molar-refractivity contribution in [2.75, 3.05) is 31.1 Å². The Kier molecular flexibility index (Phi) is 4.41. The second kappa shape index (κ2) is 6.06. The molecule has 0 spiro atoms. The van der Waals surface area contributed by atoms with E-state index >= 15 is 0 Å². The smallest absolute Gasteiger partial charge is 0.410 e. The monoisotopic (exact) mass is 356 g/mol. The zero-order valence-electron chi connectivity index (χ0n) is 13.7. The van der Waals surface area contributed by atoms with Crippen molar-refractivity contribution in [3.8, 4) is 0 Å². The number of halogens is 2. The Bertz CT molecular complexity index is 601. The molecule has 1 amide bonds. The molecule has 0 aromatic heterocycles. The third-order valence-electron chi connectivity index (χ3n) is 4.41. The van der Waals surface area contributed by atoms with Gasteiger partial charge in [-0.25, -0.2) is 4.79 Å². The van der Waals surface area contributed by atoms with Gasteiger partial charge in [0.15, 0.2) is 0 Å². The zero-order chi connectivity index (χ0) is 16.8. The number of anilines is 1. The van der Waals surface area contributed by atoms with E-state index in [2.05, 4.69) is 4.90 Å². The molecule has 6 heteroatoms. The number of benzene rings is 1. The van der Waals surface area contributed by atoms with Gasteiger partial charge in [0, 0.05) is 43.7 Å². The van der Waals surface area contributed by atoms with Crippen molar-refractivity contribution in [3.05, 3.63) is 28.2 Å². The molecule has 0 N–H and O–H groups in total. The molecular weight excluding hydrogens is 335 g/mol. The number of carbonyl (C=O) groups is 1. The van der Waals surface area contributed by atoms with E-state index in [1.165, 1.54) is 0 Å². The van der Waals surface area contributed by atoms with Crippen molar-refractivity contribution < 1.29 is 9.53 Å². The number of amides is 1. The lowest BCUT2D eigenvalue weighted by atomic mass is 10.0. The maximum atomic E-state index is 12.2. The summed E-state index contributed by atoms with van der Waals surface area (Å²) < 4.78 is 5.47. The van der Waals surface area contributed by atoms with Crippen LogP contribution >= 0.6 is 23.2 Å². The average Bonchev–Trinajstić information content (AvgIpc) is 2.98. The molecule has 2 aliphatic heterocycles. The van der Waals surface area contributed by atoms with E-state index < -0.39 is 5.60 Å². The van der Waals surface area contributed by atoms with Gasteiger partial charge in [-0.2, -0.15) is 0 Å². The number of nitrogens with zero attached hydrogens (tertiary/aromatic N) is 2. The number of carbonyl (C=O) groups excluding carboxylic acids is 1. The van der Waals surface area contributed by atoms with Crippen LogP contribution in [0.25, 0.3) is 0 Å². The molecule has 0 saturated carbocycles. The minimum Gasteiger partial charge on any atom is -0.444 e. The average molecular weight is 357 g/mol. The summed E-state index contributed by atoms with van der Waals surface area (Å²) in [4.78, 5) is 16.3.